The van der Waals surface area contributed by atoms with Crippen LogP contribution in [0.15, 0.2) is 113 Å². The van der Waals surface area contributed by atoms with E-state index in [1.807, 2.05) is 103 Å². The van der Waals surface area contributed by atoms with E-state index in [9.17, 15) is 0 Å². The van der Waals surface area contributed by atoms with Gasteiger partial charge in [0.1, 0.15) is 11.6 Å². The number of nitrogens with one attached hydrogen (secondary N) is 1. The lowest BCUT2D eigenvalue weighted by molar-refractivity contribution is 0.415. The summed E-state index contributed by atoms with van der Waals surface area (Å²) >= 11 is 0. The summed E-state index contributed by atoms with van der Waals surface area (Å²) in [5, 5.41) is 8.35. The van der Waals surface area contributed by atoms with Crippen LogP contribution in [0.4, 0.5) is 27.3 Å². The van der Waals surface area contributed by atoms with Crippen LogP contribution < -0.4 is 15.0 Å². The molecule has 3 heterocycles. The molecule has 1 N–H and O–H groups in total. The van der Waals surface area contributed by atoms with Crippen molar-refractivity contribution in [2.24, 2.45) is 9.98 Å². The van der Waals surface area contributed by atoms with Crippen LogP contribution in [0.5, 0.6) is 5.75 Å². The van der Waals surface area contributed by atoms with Crippen molar-refractivity contribution in [1.82, 2.24) is 9.78 Å². The Morgan fingerprint density at radius 3 is 2.45 bits per heavy atom. The molecule has 1 aromatic heterocycles. The number of methoxy groups -OCH3 is 1. The van der Waals surface area contributed by atoms with E-state index in [1.165, 1.54) is 6.07 Å². The van der Waals surface area contributed by atoms with Crippen LogP contribution in [0, 0.1) is 12.7 Å². The Bertz CT molecular complexity index is 1810. The lowest BCUT2D eigenvalue weighted by Gasteiger charge is -2.40. The number of anilines is 2. The fourth-order valence-corrected chi connectivity index (χ4v) is 5.38. The van der Waals surface area contributed by atoms with E-state index in [4.69, 9.17) is 19.8 Å². The number of aryl methyl sites for hydroxylation is 1. The van der Waals surface area contributed by atoms with E-state index < -0.39 is 6.04 Å². The van der Waals surface area contributed by atoms with Crippen molar-refractivity contribution in [2.45, 2.75) is 13.0 Å². The molecule has 7 rings (SSSR count). The number of halogens is 1. The van der Waals surface area contributed by atoms with Gasteiger partial charge in [0.25, 0.3) is 0 Å². The summed E-state index contributed by atoms with van der Waals surface area (Å²) in [6.45, 7) is 1.95. The largest absolute Gasteiger partial charge is 0.497 e. The Hall–Kier alpha value is -5.24. The summed E-state index contributed by atoms with van der Waals surface area (Å²) in [5.74, 6) is 2.17. The summed E-state index contributed by atoms with van der Waals surface area (Å²) in [6, 6.07) is 31.7. The average molecular weight is 529 g/mol. The molecule has 40 heavy (non-hydrogen) atoms. The van der Waals surface area contributed by atoms with Crippen LogP contribution in [0.25, 0.3) is 5.69 Å². The number of hydrogen-bond acceptors (Lipinski definition) is 6. The number of amidine groups is 2. The molecule has 5 aromatic rings. The van der Waals surface area contributed by atoms with Crippen molar-refractivity contribution in [2.75, 3.05) is 17.3 Å². The number of hydrogen-bond donors (Lipinski definition) is 1. The standard InChI is InChI=1S/C32H25FN6O/c1-20-28-29(24-15-6-7-16-25(24)33)38-27-18-9-8-17-26(27)35-30(34-21-11-10-14-23(19-21)40-2)32(38)36-31(28)39(37-20)22-12-4-3-5-13-22/h3-19,29H,1-2H3,(H,34,35)/t29-/m1/s1. The van der Waals surface area contributed by atoms with Crippen molar-refractivity contribution in [3.8, 4) is 11.4 Å². The molecule has 0 aliphatic carbocycles. The van der Waals surface area contributed by atoms with Gasteiger partial charge < -0.3 is 15.0 Å². The molecule has 0 spiro atoms. The van der Waals surface area contributed by atoms with Crippen LogP contribution >= 0.6 is 0 Å². The lowest BCUT2D eigenvalue weighted by atomic mass is 9.93. The maximum atomic E-state index is 15.6. The van der Waals surface area contributed by atoms with Gasteiger partial charge >= 0.3 is 0 Å². The number of nitrogens with zero attached hydrogens (tertiary/aromatic N) is 5. The summed E-state index contributed by atoms with van der Waals surface area (Å²) in [5.41, 5.74) is 5.40. The first-order valence-electron chi connectivity index (χ1n) is 13.0. The van der Waals surface area contributed by atoms with Gasteiger partial charge in [0, 0.05) is 22.9 Å². The Kier molecular flexibility index (Phi) is 5.66. The molecular weight excluding hydrogens is 503 g/mol. The normalized spacial score (nSPS) is 15.4. The minimum Gasteiger partial charge on any atom is -0.497 e. The quantitative estimate of drug-likeness (QED) is 0.270. The number of aromatic nitrogens is 2. The van der Waals surface area contributed by atoms with Gasteiger partial charge in [-0.3, -0.25) is 0 Å². The van der Waals surface area contributed by atoms with E-state index in [1.54, 1.807) is 13.2 Å². The second kappa shape index (κ2) is 9.50. The lowest BCUT2D eigenvalue weighted by Crippen LogP contribution is -2.46. The van der Waals surface area contributed by atoms with Gasteiger partial charge in [-0.05, 0) is 49.4 Å². The number of ether oxygens (including phenoxy) is 1. The van der Waals surface area contributed by atoms with Gasteiger partial charge in [-0.1, -0.05) is 54.6 Å². The fraction of sp³-hybridized carbons (Fsp3) is 0.0938. The van der Waals surface area contributed by atoms with Crippen molar-refractivity contribution < 1.29 is 9.13 Å². The zero-order valence-corrected chi connectivity index (χ0v) is 21.9. The maximum absolute atomic E-state index is 15.6. The van der Waals surface area contributed by atoms with Crippen LogP contribution in [-0.4, -0.2) is 28.6 Å². The molecule has 0 saturated carbocycles. The highest BCUT2D eigenvalue weighted by molar-refractivity contribution is 6.51. The van der Waals surface area contributed by atoms with Gasteiger partial charge in [-0.15, -0.1) is 0 Å². The summed E-state index contributed by atoms with van der Waals surface area (Å²) in [4.78, 5) is 12.2. The Morgan fingerprint density at radius 2 is 1.62 bits per heavy atom. The maximum Gasteiger partial charge on any atom is 0.179 e. The van der Waals surface area contributed by atoms with E-state index in [-0.39, 0.29) is 5.82 Å². The van der Waals surface area contributed by atoms with Crippen molar-refractivity contribution in [1.29, 1.82) is 0 Å². The second-order valence-electron chi connectivity index (χ2n) is 9.61. The van der Waals surface area contributed by atoms with Crippen LogP contribution in [0.1, 0.15) is 22.9 Å². The average Bonchev–Trinajstić information content (AvgIpc) is 3.33. The van der Waals surface area contributed by atoms with Crippen LogP contribution in [0.3, 0.4) is 0 Å². The van der Waals surface area contributed by atoms with Crippen LogP contribution in [0.2, 0.25) is 0 Å². The van der Waals surface area contributed by atoms with E-state index in [0.29, 0.717) is 28.8 Å². The molecule has 4 aromatic carbocycles. The molecule has 0 bridgehead atoms. The molecule has 2 aliphatic rings. The fourth-order valence-electron chi connectivity index (χ4n) is 5.38. The molecule has 0 fully saturated rings. The van der Waals surface area contributed by atoms with Crippen molar-refractivity contribution in [3.63, 3.8) is 0 Å². The minimum atomic E-state index is -0.528. The zero-order chi connectivity index (χ0) is 27.2. The molecule has 196 valence electrons. The number of fused-ring (bicyclic) bond motifs is 4. The molecule has 0 saturated heterocycles. The van der Waals surface area contributed by atoms with Gasteiger partial charge in [0.15, 0.2) is 17.5 Å². The minimum absolute atomic E-state index is 0.297. The SMILES string of the molecule is COc1cccc(NC2=Nc3ccccc3N3C2=Nc2c(c(C)nn2-c2ccccc2)[C@H]3c2ccccc2F)c1. The number of rotatable bonds is 4. The highest BCUT2D eigenvalue weighted by Gasteiger charge is 2.42. The van der Waals surface area contributed by atoms with Gasteiger partial charge in [0.2, 0.25) is 0 Å². The highest BCUT2D eigenvalue weighted by Crippen LogP contribution is 2.48. The molecular formula is C32H25FN6O. The van der Waals surface area contributed by atoms with E-state index in [2.05, 4.69) is 10.2 Å². The zero-order valence-electron chi connectivity index (χ0n) is 21.9. The number of aliphatic imine (C=N–C) groups is 2. The van der Waals surface area contributed by atoms with E-state index in [0.717, 1.165) is 34.0 Å². The molecule has 2 aliphatic heterocycles. The van der Waals surface area contributed by atoms with Crippen LogP contribution in [-0.2, 0) is 0 Å². The first-order valence-corrected chi connectivity index (χ1v) is 13.0. The first kappa shape index (κ1) is 23.8. The topological polar surface area (TPSA) is 67.0 Å². The third kappa shape index (κ3) is 3.84. The molecule has 0 amide bonds. The predicted molar refractivity (Wildman–Crippen MR) is 156 cm³/mol. The second-order valence-corrected chi connectivity index (χ2v) is 9.61. The van der Waals surface area contributed by atoms with Crippen molar-refractivity contribution >= 4 is 34.6 Å². The van der Waals surface area contributed by atoms with Gasteiger partial charge in [-0.25, -0.2) is 19.1 Å². The summed E-state index contributed by atoms with van der Waals surface area (Å²) in [7, 11) is 1.63. The third-order valence-electron chi connectivity index (χ3n) is 7.17. The number of para-hydroxylation sites is 3. The van der Waals surface area contributed by atoms with E-state index >= 15 is 4.39 Å². The number of benzene rings is 4. The van der Waals surface area contributed by atoms with Gasteiger partial charge in [-0.2, -0.15) is 5.10 Å². The molecule has 7 nitrogen and oxygen atoms in total. The van der Waals surface area contributed by atoms with Gasteiger partial charge in [0.05, 0.1) is 35.9 Å². The summed E-state index contributed by atoms with van der Waals surface area (Å²) in [6.07, 6.45) is 0. The smallest absolute Gasteiger partial charge is 0.179 e. The predicted octanol–water partition coefficient (Wildman–Crippen LogP) is 7.12. The molecule has 1 atom stereocenters. The summed E-state index contributed by atoms with van der Waals surface area (Å²) < 4.78 is 22.9. The highest BCUT2D eigenvalue weighted by atomic mass is 19.1. The van der Waals surface area contributed by atoms with Crippen molar-refractivity contribution in [3.05, 3.63) is 126 Å². The molecule has 0 unspecified atom stereocenters. The first-order chi connectivity index (χ1) is 19.6. The Labute approximate surface area is 230 Å². The monoisotopic (exact) mass is 528 g/mol. The molecule has 0 radical (unpaired) electrons. The Morgan fingerprint density at radius 1 is 0.850 bits per heavy atom. The third-order valence-corrected chi connectivity index (χ3v) is 7.17. The molecule has 8 heteroatoms. The Balaban J connectivity index is 1.50.